The van der Waals surface area contributed by atoms with Crippen molar-refractivity contribution in [2.75, 3.05) is 13.1 Å². The first-order valence-electron chi connectivity index (χ1n) is 6.92. The Balaban J connectivity index is 2.66. The second-order valence-corrected chi connectivity index (χ2v) is 5.79. The number of hydrogen-bond donors (Lipinski definition) is 1. The van der Waals surface area contributed by atoms with Crippen molar-refractivity contribution in [2.45, 2.75) is 65.3 Å². The number of carbonyl (C=O) groups is 1. The summed E-state index contributed by atoms with van der Waals surface area (Å²) in [5, 5.41) is 9.36. The van der Waals surface area contributed by atoms with E-state index in [4.69, 9.17) is 0 Å². The molecule has 1 N–H and O–H groups in total. The minimum Gasteiger partial charge on any atom is -0.480 e. The predicted octanol–water partition coefficient (Wildman–Crippen LogP) is 3.14. The Morgan fingerprint density at radius 2 is 1.71 bits per heavy atom. The van der Waals surface area contributed by atoms with Gasteiger partial charge in [-0.05, 0) is 31.6 Å². The highest BCUT2D eigenvalue weighted by atomic mass is 16.4. The van der Waals surface area contributed by atoms with Crippen molar-refractivity contribution in [3.63, 3.8) is 0 Å². The van der Waals surface area contributed by atoms with Crippen molar-refractivity contribution in [1.82, 2.24) is 4.90 Å². The van der Waals surface area contributed by atoms with Crippen LogP contribution in [0.1, 0.15) is 59.8 Å². The molecule has 0 saturated carbocycles. The molecule has 1 heterocycles. The van der Waals surface area contributed by atoms with Gasteiger partial charge < -0.3 is 5.11 Å². The lowest BCUT2D eigenvalue weighted by Gasteiger charge is -2.56. The average molecular weight is 241 g/mol. The molecule has 0 bridgehead atoms. The summed E-state index contributed by atoms with van der Waals surface area (Å²) in [4.78, 5) is 13.5. The summed E-state index contributed by atoms with van der Waals surface area (Å²) in [6.07, 6.45) is 5.54. The van der Waals surface area contributed by atoms with Gasteiger partial charge in [-0.15, -0.1) is 0 Å². The molecule has 0 amide bonds. The molecule has 1 saturated heterocycles. The van der Waals surface area contributed by atoms with E-state index in [2.05, 4.69) is 18.7 Å². The highest BCUT2D eigenvalue weighted by Crippen LogP contribution is 2.43. The second kappa shape index (κ2) is 5.38. The highest BCUT2D eigenvalue weighted by Gasteiger charge is 2.50. The van der Waals surface area contributed by atoms with E-state index in [1.54, 1.807) is 0 Å². The smallest absolute Gasteiger partial charge is 0.323 e. The molecule has 100 valence electrons. The van der Waals surface area contributed by atoms with E-state index < -0.39 is 11.5 Å². The fourth-order valence-electron chi connectivity index (χ4n) is 3.12. The first kappa shape index (κ1) is 14.5. The number of likely N-dealkylation sites (tertiary alicyclic amines) is 1. The molecule has 1 aliphatic rings. The summed E-state index contributed by atoms with van der Waals surface area (Å²) in [6.45, 7) is 10.2. The fourth-order valence-corrected chi connectivity index (χ4v) is 3.12. The molecule has 0 aromatic carbocycles. The maximum atomic E-state index is 11.4. The van der Waals surface area contributed by atoms with Gasteiger partial charge in [0.05, 0.1) is 0 Å². The number of carboxylic acid groups (broad SMARTS) is 1. The van der Waals surface area contributed by atoms with Crippen LogP contribution in [0, 0.1) is 5.41 Å². The zero-order chi connectivity index (χ0) is 13.1. The van der Waals surface area contributed by atoms with Gasteiger partial charge in [0.25, 0.3) is 0 Å². The van der Waals surface area contributed by atoms with E-state index >= 15 is 0 Å². The van der Waals surface area contributed by atoms with Gasteiger partial charge in [-0.1, -0.05) is 33.6 Å². The number of carboxylic acids is 1. The molecule has 0 aliphatic carbocycles. The Labute approximate surface area is 105 Å². The summed E-state index contributed by atoms with van der Waals surface area (Å²) < 4.78 is 0. The normalized spacial score (nSPS) is 22.8. The molecule has 3 nitrogen and oxygen atoms in total. The fraction of sp³-hybridized carbons (Fsp3) is 0.929. The number of rotatable bonds is 7. The predicted molar refractivity (Wildman–Crippen MR) is 70.2 cm³/mol. The van der Waals surface area contributed by atoms with Crippen LogP contribution < -0.4 is 0 Å². The number of aliphatic carboxylic acids is 1. The van der Waals surface area contributed by atoms with Crippen molar-refractivity contribution < 1.29 is 9.90 Å². The summed E-state index contributed by atoms with van der Waals surface area (Å²) in [6, 6.07) is 0. The standard InChI is InChI=1S/C14H27NO2/c1-5-8-14(9-6-2)10-15(11-14)13(4,7-3)12(16)17/h5-11H2,1-4H3,(H,16,17). The monoisotopic (exact) mass is 241 g/mol. The topological polar surface area (TPSA) is 40.5 Å². The molecular formula is C14H27NO2. The Morgan fingerprint density at radius 1 is 1.24 bits per heavy atom. The van der Waals surface area contributed by atoms with E-state index in [9.17, 15) is 9.90 Å². The van der Waals surface area contributed by atoms with Gasteiger partial charge in [0.2, 0.25) is 0 Å². The number of nitrogens with zero attached hydrogens (tertiary/aromatic N) is 1. The first-order chi connectivity index (χ1) is 7.94. The molecule has 1 unspecified atom stereocenters. The van der Waals surface area contributed by atoms with Gasteiger partial charge in [0, 0.05) is 13.1 Å². The molecule has 1 fully saturated rings. The van der Waals surface area contributed by atoms with Gasteiger partial charge in [0.15, 0.2) is 0 Å². The zero-order valence-electron chi connectivity index (χ0n) is 11.8. The molecule has 17 heavy (non-hydrogen) atoms. The van der Waals surface area contributed by atoms with E-state index in [0.29, 0.717) is 11.8 Å². The van der Waals surface area contributed by atoms with E-state index in [-0.39, 0.29) is 0 Å². The lowest BCUT2D eigenvalue weighted by Crippen LogP contribution is -2.66. The summed E-state index contributed by atoms with van der Waals surface area (Å²) in [5.74, 6) is -0.679. The third-order valence-electron chi connectivity index (χ3n) is 4.46. The van der Waals surface area contributed by atoms with Crippen molar-refractivity contribution in [2.24, 2.45) is 5.41 Å². The van der Waals surface area contributed by atoms with Crippen molar-refractivity contribution >= 4 is 5.97 Å². The van der Waals surface area contributed by atoms with Crippen molar-refractivity contribution in [1.29, 1.82) is 0 Å². The van der Waals surface area contributed by atoms with E-state index in [1.165, 1.54) is 25.7 Å². The Kier molecular flexibility index (Phi) is 4.59. The molecule has 0 spiro atoms. The van der Waals surface area contributed by atoms with Crippen LogP contribution in [0.3, 0.4) is 0 Å². The molecular weight excluding hydrogens is 214 g/mol. The molecule has 3 heteroatoms. The Hall–Kier alpha value is -0.570. The molecule has 0 radical (unpaired) electrons. The maximum absolute atomic E-state index is 11.4. The van der Waals surface area contributed by atoms with E-state index in [0.717, 1.165) is 13.1 Å². The van der Waals surface area contributed by atoms with Crippen LogP contribution in [0.2, 0.25) is 0 Å². The van der Waals surface area contributed by atoms with E-state index in [1.807, 2.05) is 13.8 Å². The van der Waals surface area contributed by atoms with Crippen molar-refractivity contribution in [3.8, 4) is 0 Å². The molecule has 1 rings (SSSR count). The minimum absolute atomic E-state index is 0.398. The van der Waals surface area contributed by atoms with Crippen LogP contribution in [-0.2, 0) is 4.79 Å². The summed E-state index contributed by atoms with van der Waals surface area (Å²) in [7, 11) is 0. The van der Waals surface area contributed by atoms with Gasteiger partial charge in [-0.2, -0.15) is 0 Å². The Morgan fingerprint density at radius 3 is 2.00 bits per heavy atom. The lowest BCUT2D eigenvalue weighted by atomic mass is 9.70. The quantitative estimate of drug-likeness (QED) is 0.744. The minimum atomic E-state index is -0.679. The Bertz CT molecular complexity index is 263. The highest BCUT2D eigenvalue weighted by molar-refractivity contribution is 5.78. The second-order valence-electron chi connectivity index (χ2n) is 5.79. The van der Waals surface area contributed by atoms with Crippen LogP contribution in [0.4, 0.5) is 0 Å². The van der Waals surface area contributed by atoms with Crippen LogP contribution in [0.25, 0.3) is 0 Å². The first-order valence-corrected chi connectivity index (χ1v) is 6.92. The van der Waals surface area contributed by atoms with Gasteiger partial charge in [-0.3, -0.25) is 9.69 Å². The van der Waals surface area contributed by atoms with Gasteiger partial charge in [-0.25, -0.2) is 0 Å². The third kappa shape index (κ3) is 2.65. The van der Waals surface area contributed by atoms with Crippen LogP contribution in [0.15, 0.2) is 0 Å². The summed E-state index contributed by atoms with van der Waals surface area (Å²) in [5.41, 5.74) is -0.264. The van der Waals surface area contributed by atoms with Crippen molar-refractivity contribution in [3.05, 3.63) is 0 Å². The SMILES string of the molecule is CCCC1(CCC)CN(C(C)(CC)C(=O)O)C1. The number of hydrogen-bond acceptors (Lipinski definition) is 2. The van der Waals surface area contributed by atoms with Crippen LogP contribution in [-0.4, -0.2) is 34.6 Å². The molecule has 0 aromatic heterocycles. The largest absolute Gasteiger partial charge is 0.480 e. The molecule has 0 aromatic rings. The van der Waals surface area contributed by atoms with Crippen LogP contribution >= 0.6 is 0 Å². The van der Waals surface area contributed by atoms with Gasteiger partial charge in [0.1, 0.15) is 5.54 Å². The zero-order valence-corrected chi connectivity index (χ0v) is 11.8. The maximum Gasteiger partial charge on any atom is 0.323 e. The van der Waals surface area contributed by atoms with Crippen LogP contribution in [0.5, 0.6) is 0 Å². The summed E-state index contributed by atoms with van der Waals surface area (Å²) >= 11 is 0. The third-order valence-corrected chi connectivity index (χ3v) is 4.46. The molecule has 1 aliphatic heterocycles. The van der Waals surface area contributed by atoms with Gasteiger partial charge >= 0.3 is 5.97 Å². The average Bonchev–Trinajstić information content (AvgIpc) is 2.24. The lowest BCUT2D eigenvalue weighted by molar-refractivity contribution is -0.163. The molecule has 1 atom stereocenters.